The predicted octanol–water partition coefficient (Wildman–Crippen LogP) is 1.51. The number of likely N-dealkylation sites (tertiary alicyclic amines) is 1. The first-order chi connectivity index (χ1) is 6.85. The molecule has 0 aromatic rings. The van der Waals surface area contributed by atoms with Gasteiger partial charge in [-0.15, -0.1) is 12.4 Å². The molecule has 0 aromatic carbocycles. The van der Waals surface area contributed by atoms with Crippen molar-refractivity contribution in [3.63, 3.8) is 0 Å². The number of carbonyl (C=O) groups excluding carboxylic acids is 1. The largest absolute Gasteiger partial charge is 0.342 e. The van der Waals surface area contributed by atoms with Crippen LogP contribution in [0.3, 0.4) is 0 Å². The van der Waals surface area contributed by atoms with Gasteiger partial charge in [0.05, 0.1) is 5.92 Å². The first-order valence-corrected chi connectivity index (χ1v) is 5.90. The molecule has 4 atom stereocenters. The summed E-state index contributed by atoms with van der Waals surface area (Å²) in [6.45, 7) is 10.4. The molecule has 94 valence electrons. The van der Waals surface area contributed by atoms with E-state index in [4.69, 9.17) is 5.73 Å². The summed E-state index contributed by atoms with van der Waals surface area (Å²) in [6.07, 6.45) is 0. The summed E-state index contributed by atoms with van der Waals surface area (Å²) in [5.74, 6) is 1.68. The third-order valence-electron chi connectivity index (χ3n) is 4.61. The van der Waals surface area contributed by atoms with Crippen LogP contribution in [0.25, 0.3) is 0 Å². The highest BCUT2D eigenvalue weighted by atomic mass is 35.5. The average Bonchev–Trinajstić information content (AvgIpc) is 2.55. The normalized spacial score (nSPS) is 33.7. The molecule has 1 saturated carbocycles. The van der Waals surface area contributed by atoms with Crippen LogP contribution in [0.4, 0.5) is 0 Å². The van der Waals surface area contributed by atoms with Crippen molar-refractivity contribution in [1.29, 1.82) is 0 Å². The number of nitrogens with two attached hydrogens (primary N) is 1. The number of nitrogens with zero attached hydrogens (tertiary/aromatic N) is 1. The van der Waals surface area contributed by atoms with Gasteiger partial charge >= 0.3 is 0 Å². The lowest BCUT2D eigenvalue weighted by Gasteiger charge is -2.26. The van der Waals surface area contributed by atoms with Crippen molar-refractivity contribution in [2.24, 2.45) is 28.9 Å². The minimum atomic E-state index is -0.0394. The number of piperidine rings is 1. The summed E-state index contributed by atoms with van der Waals surface area (Å²) < 4.78 is 0. The summed E-state index contributed by atoms with van der Waals surface area (Å²) >= 11 is 0. The van der Waals surface area contributed by atoms with Gasteiger partial charge in [-0.3, -0.25) is 4.79 Å². The molecule has 1 heterocycles. The highest BCUT2D eigenvalue weighted by Crippen LogP contribution is 2.62. The van der Waals surface area contributed by atoms with Crippen LogP contribution in [-0.2, 0) is 4.79 Å². The van der Waals surface area contributed by atoms with E-state index in [1.165, 1.54) is 0 Å². The second-order valence-electron chi connectivity index (χ2n) is 5.93. The molecule has 2 N–H and O–H groups in total. The van der Waals surface area contributed by atoms with Crippen molar-refractivity contribution >= 4 is 18.3 Å². The van der Waals surface area contributed by atoms with Crippen LogP contribution < -0.4 is 5.73 Å². The summed E-state index contributed by atoms with van der Waals surface area (Å²) in [6, 6.07) is -0.0394. The van der Waals surface area contributed by atoms with E-state index in [2.05, 4.69) is 13.8 Å². The van der Waals surface area contributed by atoms with E-state index in [9.17, 15) is 4.79 Å². The molecule has 0 aromatic heterocycles. The number of fused-ring (bicyclic) bond motifs is 1. The Balaban J connectivity index is 0.00000128. The lowest BCUT2D eigenvalue weighted by Crippen LogP contribution is -2.42. The third-order valence-corrected chi connectivity index (χ3v) is 4.61. The first-order valence-electron chi connectivity index (χ1n) is 5.90. The minimum Gasteiger partial charge on any atom is -0.342 e. The average molecular weight is 247 g/mol. The molecular formula is C12H23ClN2O. The molecule has 1 amide bonds. The summed E-state index contributed by atoms with van der Waals surface area (Å²) in [4.78, 5) is 14.0. The minimum absolute atomic E-state index is 0. The molecule has 3 nitrogen and oxygen atoms in total. The zero-order chi connectivity index (χ0) is 11.4. The number of rotatable bonds is 2. The number of amides is 1. The fourth-order valence-electron chi connectivity index (χ4n) is 2.82. The Hall–Kier alpha value is -0.280. The van der Waals surface area contributed by atoms with Gasteiger partial charge in [-0.1, -0.05) is 20.8 Å². The molecule has 2 fully saturated rings. The van der Waals surface area contributed by atoms with Crippen LogP contribution in [-0.4, -0.2) is 29.9 Å². The molecule has 1 saturated heterocycles. The SMILES string of the molecule is CC(N)C(C)C(=O)N1CC2C(C1)C2(C)C.Cl. The summed E-state index contributed by atoms with van der Waals surface area (Å²) in [5, 5.41) is 0. The highest BCUT2D eigenvalue weighted by Gasteiger charge is 2.62. The molecule has 16 heavy (non-hydrogen) atoms. The molecule has 1 aliphatic heterocycles. The van der Waals surface area contributed by atoms with Gasteiger partial charge in [-0.2, -0.15) is 0 Å². The maximum atomic E-state index is 12.0. The van der Waals surface area contributed by atoms with Gasteiger partial charge in [0, 0.05) is 19.1 Å². The summed E-state index contributed by atoms with van der Waals surface area (Å²) in [5.41, 5.74) is 6.24. The molecule has 4 heteroatoms. The molecular weight excluding hydrogens is 224 g/mol. The van der Waals surface area contributed by atoms with E-state index < -0.39 is 0 Å². The second-order valence-corrected chi connectivity index (χ2v) is 5.93. The van der Waals surface area contributed by atoms with Crippen molar-refractivity contribution in [2.75, 3.05) is 13.1 Å². The van der Waals surface area contributed by atoms with E-state index in [-0.39, 0.29) is 30.3 Å². The highest BCUT2D eigenvalue weighted by molar-refractivity contribution is 5.85. The van der Waals surface area contributed by atoms with Crippen LogP contribution in [0.5, 0.6) is 0 Å². The van der Waals surface area contributed by atoms with Crippen LogP contribution in [0, 0.1) is 23.2 Å². The van der Waals surface area contributed by atoms with Crippen LogP contribution >= 0.6 is 12.4 Å². The van der Waals surface area contributed by atoms with Crippen molar-refractivity contribution in [3.8, 4) is 0 Å². The van der Waals surface area contributed by atoms with E-state index >= 15 is 0 Å². The van der Waals surface area contributed by atoms with Crippen LogP contribution in [0.2, 0.25) is 0 Å². The van der Waals surface area contributed by atoms with Crippen LogP contribution in [0.1, 0.15) is 27.7 Å². The Bertz CT molecular complexity index is 277. The standard InChI is InChI=1S/C12H22N2O.ClH/c1-7(8(2)13)11(15)14-5-9-10(6-14)12(9,3)4;/h7-10H,5-6,13H2,1-4H3;1H. The molecule has 2 aliphatic rings. The molecule has 0 bridgehead atoms. The lowest BCUT2D eigenvalue weighted by molar-refractivity contribution is -0.135. The van der Waals surface area contributed by atoms with Crippen molar-refractivity contribution in [3.05, 3.63) is 0 Å². The maximum absolute atomic E-state index is 12.0. The molecule has 0 spiro atoms. The van der Waals surface area contributed by atoms with Crippen molar-refractivity contribution < 1.29 is 4.79 Å². The van der Waals surface area contributed by atoms with Crippen LogP contribution in [0.15, 0.2) is 0 Å². The predicted molar refractivity (Wildman–Crippen MR) is 67.4 cm³/mol. The lowest BCUT2D eigenvalue weighted by atomic mass is 10.0. The Labute approximate surface area is 104 Å². The number of halogens is 1. The topological polar surface area (TPSA) is 46.3 Å². The maximum Gasteiger partial charge on any atom is 0.226 e. The van der Waals surface area contributed by atoms with Gasteiger partial charge in [0.15, 0.2) is 0 Å². The molecule has 1 aliphatic carbocycles. The smallest absolute Gasteiger partial charge is 0.226 e. The Kier molecular flexibility index (Phi) is 3.61. The Morgan fingerprint density at radius 1 is 1.31 bits per heavy atom. The van der Waals surface area contributed by atoms with Gasteiger partial charge in [-0.05, 0) is 24.2 Å². The van der Waals surface area contributed by atoms with E-state index in [0.29, 0.717) is 5.41 Å². The van der Waals surface area contributed by atoms with Gasteiger partial charge in [0.25, 0.3) is 0 Å². The third kappa shape index (κ3) is 1.95. The van der Waals surface area contributed by atoms with E-state index in [1.807, 2.05) is 18.7 Å². The quantitative estimate of drug-likeness (QED) is 0.803. The van der Waals surface area contributed by atoms with Gasteiger partial charge in [-0.25, -0.2) is 0 Å². The van der Waals surface area contributed by atoms with Crippen molar-refractivity contribution in [1.82, 2.24) is 4.90 Å². The van der Waals surface area contributed by atoms with Gasteiger partial charge in [0.2, 0.25) is 5.91 Å². The zero-order valence-electron chi connectivity index (χ0n) is 10.6. The second kappa shape index (κ2) is 4.19. The van der Waals surface area contributed by atoms with Gasteiger partial charge < -0.3 is 10.6 Å². The zero-order valence-corrected chi connectivity index (χ0v) is 11.4. The molecule has 0 radical (unpaired) electrons. The summed E-state index contributed by atoms with van der Waals surface area (Å²) in [7, 11) is 0. The number of hydrogen-bond donors (Lipinski definition) is 1. The fourth-order valence-corrected chi connectivity index (χ4v) is 2.82. The Morgan fingerprint density at radius 2 is 1.75 bits per heavy atom. The molecule has 4 unspecified atom stereocenters. The van der Waals surface area contributed by atoms with Gasteiger partial charge in [0.1, 0.15) is 0 Å². The first kappa shape index (κ1) is 13.8. The number of hydrogen-bond acceptors (Lipinski definition) is 2. The monoisotopic (exact) mass is 246 g/mol. The van der Waals surface area contributed by atoms with Crippen molar-refractivity contribution in [2.45, 2.75) is 33.7 Å². The van der Waals surface area contributed by atoms with E-state index in [1.54, 1.807) is 0 Å². The molecule has 2 rings (SSSR count). The Morgan fingerprint density at radius 3 is 2.12 bits per heavy atom. The fraction of sp³-hybridized carbons (Fsp3) is 0.917. The number of carbonyl (C=O) groups is 1. The van der Waals surface area contributed by atoms with E-state index in [0.717, 1.165) is 24.9 Å².